The third kappa shape index (κ3) is 4.93. The summed E-state index contributed by atoms with van der Waals surface area (Å²) in [6, 6.07) is 9.08. The number of likely N-dealkylation sites (tertiary alicyclic amines) is 1. The van der Waals surface area contributed by atoms with E-state index < -0.39 is 23.0 Å². The molecule has 3 heterocycles. The second-order valence-electron chi connectivity index (χ2n) is 10.9. The highest BCUT2D eigenvalue weighted by atomic mass is 16.5. The number of hydrogen-bond acceptors (Lipinski definition) is 7. The van der Waals surface area contributed by atoms with Crippen LogP contribution in [0.1, 0.15) is 70.0 Å². The van der Waals surface area contributed by atoms with Crippen LogP contribution in [-0.2, 0) is 9.59 Å². The molecule has 192 valence electrons. The molecule has 9 nitrogen and oxygen atoms in total. The molecule has 9 heteroatoms. The van der Waals surface area contributed by atoms with Crippen LogP contribution in [0.5, 0.6) is 0 Å². The third-order valence-electron chi connectivity index (χ3n) is 6.90. The molecule has 2 N–H and O–H groups in total. The maximum Gasteiger partial charge on any atom is 0.246 e. The highest BCUT2D eigenvalue weighted by molar-refractivity contribution is 5.94. The number of rotatable bonds is 6. The van der Waals surface area contributed by atoms with Crippen LogP contribution in [0.15, 0.2) is 51.9 Å². The van der Waals surface area contributed by atoms with Crippen molar-refractivity contribution >= 4 is 11.8 Å². The van der Waals surface area contributed by atoms with Crippen molar-refractivity contribution < 1.29 is 23.6 Å². The van der Waals surface area contributed by atoms with Gasteiger partial charge < -0.3 is 24.3 Å². The minimum absolute atomic E-state index is 0.0721. The summed E-state index contributed by atoms with van der Waals surface area (Å²) in [5.74, 6) is -0.126. The van der Waals surface area contributed by atoms with Crippen LogP contribution in [0.25, 0.3) is 11.3 Å². The molecule has 4 rings (SSSR count). The summed E-state index contributed by atoms with van der Waals surface area (Å²) in [6.07, 6.45) is 2.36. The fourth-order valence-electron chi connectivity index (χ4n) is 4.92. The normalized spacial score (nSPS) is 21.9. The number of benzene rings is 1. The Morgan fingerprint density at radius 3 is 2.50 bits per heavy atom. The number of aryl methyl sites for hydroxylation is 1. The summed E-state index contributed by atoms with van der Waals surface area (Å²) in [6.45, 7) is 11.3. The average molecular weight is 495 g/mol. The van der Waals surface area contributed by atoms with Gasteiger partial charge in [0.25, 0.3) is 0 Å². The number of carbonyl (C=O) groups excluding carboxylic acids is 2. The Balaban J connectivity index is 1.55. The predicted molar refractivity (Wildman–Crippen MR) is 133 cm³/mol. The summed E-state index contributed by atoms with van der Waals surface area (Å²) in [4.78, 5) is 32.9. The molecule has 0 aliphatic carbocycles. The monoisotopic (exact) mass is 494 g/mol. The van der Waals surface area contributed by atoms with Crippen molar-refractivity contribution in [3.63, 3.8) is 0 Å². The van der Waals surface area contributed by atoms with Crippen LogP contribution in [0, 0.1) is 12.3 Å². The van der Waals surface area contributed by atoms with Crippen molar-refractivity contribution in [1.29, 1.82) is 0 Å². The maximum absolute atomic E-state index is 13.9. The molecule has 36 heavy (non-hydrogen) atoms. The fourth-order valence-corrected chi connectivity index (χ4v) is 4.92. The van der Waals surface area contributed by atoms with Crippen LogP contribution in [0.4, 0.5) is 0 Å². The van der Waals surface area contributed by atoms with E-state index in [-0.39, 0.29) is 30.8 Å². The SMILES string of the molecule is Cc1cc([C@H](C(=O)N2C[C@H](O)CC2(C)C(=O)N[C@@H](C)c2ccc(-c3cnco3)cc2)C(C)(C)C)on1. The highest BCUT2D eigenvalue weighted by Gasteiger charge is 2.53. The van der Waals surface area contributed by atoms with E-state index in [1.807, 2.05) is 52.0 Å². The second kappa shape index (κ2) is 9.54. The lowest BCUT2D eigenvalue weighted by atomic mass is 9.77. The van der Waals surface area contributed by atoms with E-state index in [2.05, 4.69) is 15.5 Å². The van der Waals surface area contributed by atoms with E-state index in [1.54, 1.807) is 26.1 Å². The van der Waals surface area contributed by atoms with Gasteiger partial charge in [-0.15, -0.1) is 0 Å². The van der Waals surface area contributed by atoms with Crippen molar-refractivity contribution in [3.05, 3.63) is 59.9 Å². The fraction of sp³-hybridized carbons (Fsp3) is 0.481. The first-order valence-electron chi connectivity index (χ1n) is 12.1. The van der Waals surface area contributed by atoms with Gasteiger partial charge in [-0.2, -0.15) is 0 Å². The molecule has 1 saturated heterocycles. The number of nitrogens with one attached hydrogen (secondary N) is 1. The minimum atomic E-state index is -1.22. The first-order valence-corrected chi connectivity index (χ1v) is 12.1. The molecule has 0 spiro atoms. The first kappa shape index (κ1) is 25.6. The van der Waals surface area contributed by atoms with Crippen molar-refractivity contribution in [1.82, 2.24) is 20.4 Å². The molecule has 1 aromatic carbocycles. The van der Waals surface area contributed by atoms with Gasteiger partial charge in [0, 0.05) is 24.6 Å². The van der Waals surface area contributed by atoms with Gasteiger partial charge in [0.05, 0.1) is 24.0 Å². The van der Waals surface area contributed by atoms with Gasteiger partial charge >= 0.3 is 0 Å². The zero-order valence-corrected chi connectivity index (χ0v) is 21.6. The Morgan fingerprint density at radius 2 is 1.94 bits per heavy atom. The lowest BCUT2D eigenvalue weighted by molar-refractivity contribution is -0.147. The van der Waals surface area contributed by atoms with Crippen molar-refractivity contribution in [2.75, 3.05) is 6.54 Å². The van der Waals surface area contributed by atoms with Gasteiger partial charge in [0.2, 0.25) is 11.8 Å². The van der Waals surface area contributed by atoms with E-state index in [4.69, 9.17) is 8.94 Å². The Kier molecular flexibility index (Phi) is 6.79. The van der Waals surface area contributed by atoms with Crippen LogP contribution in [-0.4, -0.2) is 50.1 Å². The molecule has 4 atom stereocenters. The minimum Gasteiger partial charge on any atom is -0.444 e. The number of aromatic nitrogens is 2. The van der Waals surface area contributed by atoms with Crippen LogP contribution in [0.2, 0.25) is 0 Å². The molecule has 0 saturated carbocycles. The summed E-state index contributed by atoms with van der Waals surface area (Å²) < 4.78 is 10.8. The van der Waals surface area contributed by atoms with Crippen LogP contribution < -0.4 is 5.32 Å². The first-order chi connectivity index (χ1) is 16.9. The van der Waals surface area contributed by atoms with Crippen molar-refractivity contribution in [2.45, 2.75) is 71.6 Å². The van der Waals surface area contributed by atoms with Gasteiger partial charge in [0.15, 0.2) is 12.2 Å². The Bertz CT molecular complexity index is 1210. The van der Waals surface area contributed by atoms with Gasteiger partial charge in [-0.1, -0.05) is 50.2 Å². The van der Waals surface area contributed by atoms with Gasteiger partial charge in [-0.25, -0.2) is 4.98 Å². The quantitative estimate of drug-likeness (QED) is 0.531. The second-order valence-corrected chi connectivity index (χ2v) is 10.9. The predicted octanol–water partition coefficient (Wildman–Crippen LogP) is 4.00. The largest absolute Gasteiger partial charge is 0.444 e. The number of oxazole rings is 1. The molecule has 0 bridgehead atoms. The molecular weight excluding hydrogens is 460 g/mol. The Labute approximate surface area is 210 Å². The number of aliphatic hydroxyl groups excluding tert-OH is 1. The molecule has 0 radical (unpaired) electrons. The average Bonchev–Trinajstić information content (AvgIpc) is 3.54. The summed E-state index contributed by atoms with van der Waals surface area (Å²) in [5.41, 5.74) is 0.747. The molecule has 1 unspecified atom stereocenters. The smallest absolute Gasteiger partial charge is 0.246 e. The van der Waals surface area contributed by atoms with E-state index in [0.29, 0.717) is 17.2 Å². The molecular formula is C27H34N4O5. The number of carbonyl (C=O) groups is 2. The van der Waals surface area contributed by atoms with Gasteiger partial charge in [0.1, 0.15) is 17.2 Å². The molecule has 2 aromatic heterocycles. The zero-order chi connectivity index (χ0) is 26.3. The lowest BCUT2D eigenvalue weighted by Crippen LogP contribution is -2.57. The number of nitrogens with zero attached hydrogens (tertiary/aromatic N) is 3. The Hall–Kier alpha value is -3.46. The maximum atomic E-state index is 13.9. The lowest BCUT2D eigenvalue weighted by Gasteiger charge is -2.39. The third-order valence-corrected chi connectivity index (χ3v) is 6.90. The summed E-state index contributed by atoms with van der Waals surface area (Å²) in [5, 5.41) is 17.5. The molecule has 1 aliphatic rings. The standard InChI is InChI=1S/C27H34N4O5/c1-16-11-21(36-30-16)23(26(3,4)5)24(33)31-14-20(32)12-27(31,6)25(34)29-17(2)18-7-9-19(10-8-18)22-13-28-15-35-22/h7-11,13,15,17,20,23,32H,12,14H2,1-6H3,(H,29,34)/t17-,20+,23+,27?/m0/s1. The zero-order valence-electron chi connectivity index (χ0n) is 21.6. The summed E-state index contributed by atoms with van der Waals surface area (Å²) in [7, 11) is 0. The van der Waals surface area contributed by atoms with Crippen LogP contribution >= 0.6 is 0 Å². The van der Waals surface area contributed by atoms with E-state index in [1.165, 1.54) is 11.3 Å². The molecule has 2 amide bonds. The van der Waals surface area contributed by atoms with Gasteiger partial charge in [-0.05, 0) is 31.7 Å². The van der Waals surface area contributed by atoms with Crippen molar-refractivity contribution in [3.8, 4) is 11.3 Å². The molecule has 1 aliphatic heterocycles. The Morgan fingerprint density at radius 1 is 1.25 bits per heavy atom. The van der Waals surface area contributed by atoms with Crippen molar-refractivity contribution in [2.24, 2.45) is 5.41 Å². The van der Waals surface area contributed by atoms with E-state index in [9.17, 15) is 14.7 Å². The number of β-amino-alcohol motifs (C(OH)–C–C–N with tert-alkyl or cyclic N) is 1. The summed E-state index contributed by atoms with van der Waals surface area (Å²) >= 11 is 0. The number of aliphatic hydroxyl groups is 1. The number of amides is 2. The van der Waals surface area contributed by atoms with E-state index >= 15 is 0 Å². The highest BCUT2D eigenvalue weighted by Crippen LogP contribution is 2.41. The number of hydrogen-bond donors (Lipinski definition) is 2. The topological polar surface area (TPSA) is 122 Å². The molecule has 1 fully saturated rings. The molecule has 3 aromatic rings. The van der Waals surface area contributed by atoms with Gasteiger partial charge in [-0.3, -0.25) is 9.59 Å². The van der Waals surface area contributed by atoms with Crippen LogP contribution in [0.3, 0.4) is 0 Å². The van der Waals surface area contributed by atoms with E-state index in [0.717, 1.165) is 11.1 Å².